The van der Waals surface area contributed by atoms with Crippen LogP contribution in [0.4, 0.5) is 0 Å². The van der Waals surface area contributed by atoms with Gasteiger partial charge in [0.2, 0.25) is 0 Å². The van der Waals surface area contributed by atoms with E-state index in [0.717, 1.165) is 19.3 Å². The third-order valence-corrected chi connectivity index (χ3v) is 12.2. The van der Waals surface area contributed by atoms with Crippen LogP contribution in [0.1, 0.15) is 95.6 Å². The quantitative estimate of drug-likeness (QED) is 0.260. The van der Waals surface area contributed by atoms with Gasteiger partial charge in [-0.15, -0.1) is 0 Å². The summed E-state index contributed by atoms with van der Waals surface area (Å²) >= 11 is 0. The third-order valence-electron chi connectivity index (χ3n) is 11.4. The zero-order valence-electron chi connectivity index (χ0n) is 24.6. The monoisotopic (exact) mass is 600 g/mol. The molecule has 1 aromatic carbocycles. The molecule has 6 bridgehead atoms. The van der Waals surface area contributed by atoms with E-state index in [2.05, 4.69) is 0 Å². The van der Waals surface area contributed by atoms with Crippen molar-refractivity contribution in [1.82, 2.24) is 0 Å². The van der Waals surface area contributed by atoms with Crippen LogP contribution in [0.3, 0.4) is 0 Å². The second kappa shape index (κ2) is 9.52. The predicted molar refractivity (Wildman–Crippen MR) is 149 cm³/mol. The van der Waals surface area contributed by atoms with Gasteiger partial charge in [0.25, 0.3) is 10.1 Å². The average molecular weight is 601 g/mol. The lowest BCUT2D eigenvalue weighted by atomic mass is 9.49. The summed E-state index contributed by atoms with van der Waals surface area (Å²) in [5, 5.41) is 0. The van der Waals surface area contributed by atoms with Gasteiger partial charge in [-0.1, -0.05) is 27.7 Å². The molecule has 7 aliphatic rings. The summed E-state index contributed by atoms with van der Waals surface area (Å²) in [6, 6.07) is 2.68. The first-order chi connectivity index (χ1) is 19.8. The van der Waals surface area contributed by atoms with E-state index in [4.69, 9.17) is 14.2 Å². The molecule has 6 aliphatic carbocycles. The molecule has 0 amide bonds. The van der Waals surface area contributed by atoms with Gasteiger partial charge in [0.05, 0.1) is 22.1 Å². The van der Waals surface area contributed by atoms with Crippen LogP contribution >= 0.6 is 0 Å². The Morgan fingerprint density at radius 3 is 1.98 bits per heavy atom. The maximum Gasteiger partial charge on any atom is 0.315 e. The zero-order chi connectivity index (χ0) is 29.9. The normalized spacial score (nSPS) is 39.3. The van der Waals surface area contributed by atoms with Crippen molar-refractivity contribution in [2.45, 2.75) is 102 Å². The highest BCUT2D eigenvalue weighted by Gasteiger charge is 2.71. The molecule has 6 saturated carbocycles. The van der Waals surface area contributed by atoms with Crippen molar-refractivity contribution >= 4 is 28.0 Å². The zero-order valence-corrected chi connectivity index (χ0v) is 25.4. The van der Waals surface area contributed by atoms with Gasteiger partial charge in [-0.05, 0) is 97.8 Å². The highest BCUT2D eigenvalue weighted by atomic mass is 32.2. The van der Waals surface area contributed by atoms with Crippen molar-refractivity contribution in [3.8, 4) is 5.75 Å². The molecule has 1 heterocycles. The van der Waals surface area contributed by atoms with E-state index in [1.165, 1.54) is 31.4 Å². The molecule has 1 saturated heterocycles. The van der Waals surface area contributed by atoms with E-state index in [-0.39, 0.29) is 40.3 Å². The van der Waals surface area contributed by atoms with Gasteiger partial charge in [0, 0.05) is 11.8 Å². The third kappa shape index (κ3) is 4.25. The fourth-order valence-corrected chi connectivity index (χ4v) is 10.6. The highest BCUT2D eigenvalue weighted by Crippen LogP contribution is 2.63. The molecule has 1 aliphatic heterocycles. The Hall–Kier alpha value is -2.46. The van der Waals surface area contributed by atoms with Crippen molar-refractivity contribution in [2.75, 3.05) is 0 Å². The Kier molecular flexibility index (Phi) is 6.42. The first-order valence-corrected chi connectivity index (χ1v) is 17.0. The van der Waals surface area contributed by atoms with E-state index in [1.54, 1.807) is 0 Å². The Balaban J connectivity index is 1.17. The van der Waals surface area contributed by atoms with Crippen molar-refractivity contribution in [3.05, 3.63) is 23.3 Å². The summed E-state index contributed by atoms with van der Waals surface area (Å²) in [6.07, 6.45) is 5.57. The maximum absolute atomic E-state index is 14.0. The van der Waals surface area contributed by atoms with Crippen LogP contribution in [-0.2, 0) is 34.0 Å². The van der Waals surface area contributed by atoms with Crippen LogP contribution in [0.15, 0.2) is 17.0 Å². The van der Waals surface area contributed by atoms with Crippen LogP contribution in [0, 0.1) is 46.8 Å². The summed E-state index contributed by atoms with van der Waals surface area (Å²) in [4.78, 5) is 40.6. The van der Waals surface area contributed by atoms with Gasteiger partial charge < -0.3 is 14.2 Å². The number of rotatable bonds is 7. The number of hydrogen-bond acceptors (Lipinski definition) is 8. The second-order valence-corrected chi connectivity index (χ2v) is 16.1. The minimum absolute atomic E-state index is 0.184. The molecule has 5 unspecified atom stereocenters. The summed E-state index contributed by atoms with van der Waals surface area (Å²) in [6.45, 7) is 7.39. The Morgan fingerprint density at radius 1 is 0.929 bits per heavy atom. The van der Waals surface area contributed by atoms with Gasteiger partial charge >= 0.3 is 17.9 Å². The first kappa shape index (κ1) is 28.3. The van der Waals surface area contributed by atoms with Crippen molar-refractivity contribution in [3.63, 3.8) is 0 Å². The number of esters is 3. The van der Waals surface area contributed by atoms with Crippen molar-refractivity contribution < 1.29 is 41.6 Å². The van der Waals surface area contributed by atoms with Crippen LogP contribution < -0.4 is 4.74 Å². The van der Waals surface area contributed by atoms with E-state index in [0.29, 0.717) is 35.3 Å². The topological polar surface area (TPSA) is 133 Å². The molecule has 228 valence electrons. The number of benzene rings is 1. The summed E-state index contributed by atoms with van der Waals surface area (Å²) in [5.74, 6) is -1.73. The Bertz CT molecular complexity index is 1400. The molecule has 10 heteroatoms. The molecule has 0 aromatic heterocycles. The summed E-state index contributed by atoms with van der Waals surface area (Å²) in [5.41, 5.74) is 0.492. The van der Waals surface area contributed by atoms with Crippen LogP contribution in [-0.4, -0.2) is 43.1 Å². The lowest BCUT2D eigenvalue weighted by Gasteiger charge is -2.55. The van der Waals surface area contributed by atoms with E-state index in [1.807, 2.05) is 27.7 Å². The standard InChI is InChI=1S/C32H40O9S/c1-14(2)20-8-19(42(36,37)38)9-21(15(3)4)26(20)39-29(33)25-23-10-22-24(25)30(34)40-27(22)28(23)41-31(35)32-11-16-5-17(12-32)7-18(6-16)13-32/h8-9,14-18,22-25,27-28H,5-7,10-13H2,1-4H3,(H,36,37,38)/t16?,17?,18?,22?,23?,24?,25?,27?,28-,32?/m0/s1. The highest BCUT2D eigenvalue weighted by molar-refractivity contribution is 7.85. The number of carbonyl (C=O) groups excluding carboxylic acids is 3. The molecule has 42 heavy (non-hydrogen) atoms. The molecule has 0 radical (unpaired) electrons. The van der Waals surface area contributed by atoms with Gasteiger partial charge in [0.15, 0.2) is 0 Å². The molecule has 8 rings (SSSR count). The fraction of sp³-hybridized carbons (Fsp3) is 0.719. The molecule has 1 aromatic rings. The average Bonchev–Trinajstić information content (AvgIpc) is 3.51. The molecule has 1 N–H and O–H groups in total. The number of carbonyl (C=O) groups is 3. The number of hydrogen-bond donors (Lipinski definition) is 1. The lowest BCUT2D eigenvalue weighted by molar-refractivity contribution is -0.187. The van der Waals surface area contributed by atoms with Crippen LogP contribution in [0.25, 0.3) is 0 Å². The second-order valence-electron chi connectivity index (χ2n) is 14.7. The SMILES string of the molecule is CC(C)c1cc(S(=O)(=O)O)cc(C(C)C)c1OC(=O)C1C2C(=O)OC3C2CC1[C@@H]3OC(=O)C12CC3CC(CC(C3)C1)C2. The number of ether oxygens (including phenoxy) is 3. The molecule has 9 nitrogen and oxygen atoms in total. The van der Waals surface area contributed by atoms with Crippen molar-refractivity contribution in [2.24, 2.45) is 46.8 Å². The summed E-state index contributed by atoms with van der Waals surface area (Å²) < 4.78 is 51.9. The largest absolute Gasteiger partial charge is 0.458 e. The fourth-order valence-electron chi connectivity index (χ4n) is 10.0. The Morgan fingerprint density at radius 2 is 1.48 bits per heavy atom. The minimum atomic E-state index is -4.48. The molecule has 6 atom stereocenters. The molecular formula is C32H40O9S. The number of fused-ring (bicyclic) bond motifs is 1. The molecule has 7 fully saturated rings. The Labute approximate surface area is 246 Å². The van der Waals surface area contributed by atoms with E-state index in [9.17, 15) is 27.4 Å². The maximum atomic E-state index is 14.0. The van der Waals surface area contributed by atoms with Crippen LogP contribution in [0.5, 0.6) is 5.75 Å². The van der Waals surface area contributed by atoms with Gasteiger partial charge in [-0.25, -0.2) is 0 Å². The first-order valence-electron chi connectivity index (χ1n) is 15.5. The minimum Gasteiger partial charge on any atom is -0.458 e. The molecule has 0 spiro atoms. The summed E-state index contributed by atoms with van der Waals surface area (Å²) in [7, 11) is -4.48. The van der Waals surface area contributed by atoms with Crippen molar-refractivity contribution in [1.29, 1.82) is 0 Å². The predicted octanol–water partition coefficient (Wildman–Crippen LogP) is 5.02. The van der Waals surface area contributed by atoms with Crippen LogP contribution in [0.2, 0.25) is 0 Å². The lowest BCUT2D eigenvalue weighted by Crippen LogP contribution is -2.53. The van der Waals surface area contributed by atoms with E-state index < -0.39 is 51.5 Å². The molecular weight excluding hydrogens is 560 g/mol. The smallest absolute Gasteiger partial charge is 0.315 e. The van der Waals surface area contributed by atoms with E-state index >= 15 is 0 Å². The van der Waals surface area contributed by atoms with Gasteiger partial charge in [-0.2, -0.15) is 8.42 Å². The van der Waals surface area contributed by atoms with Gasteiger partial charge in [-0.3, -0.25) is 18.9 Å². The van der Waals surface area contributed by atoms with Gasteiger partial charge in [0.1, 0.15) is 18.0 Å².